The highest BCUT2D eigenvalue weighted by atomic mass is 16.5. The lowest BCUT2D eigenvalue weighted by Crippen LogP contribution is -2.30. The van der Waals surface area contributed by atoms with E-state index in [9.17, 15) is 0 Å². The molecule has 0 radical (unpaired) electrons. The molecule has 1 saturated carbocycles. The van der Waals surface area contributed by atoms with E-state index in [1.54, 1.807) is 0 Å². The fourth-order valence-corrected chi connectivity index (χ4v) is 2.37. The summed E-state index contributed by atoms with van der Waals surface area (Å²) >= 11 is 0. The molecule has 1 nitrogen and oxygen atoms in total. The fourth-order valence-electron chi connectivity index (χ4n) is 2.37. The summed E-state index contributed by atoms with van der Waals surface area (Å²) in [5.41, 5.74) is 0.565. The van der Waals surface area contributed by atoms with Crippen LogP contribution in [0.4, 0.5) is 0 Å². The molecule has 1 rings (SSSR count). The molecule has 0 aromatic rings. The highest BCUT2D eigenvalue weighted by Crippen LogP contribution is 2.39. The van der Waals surface area contributed by atoms with Crippen molar-refractivity contribution in [1.82, 2.24) is 0 Å². The van der Waals surface area contributed by atoms with E-state index < -0.39 is 0 Å². The van der Waals surface area contributed by atoms with Crippen molar-refractivity contribution in [2.75, 3.05) is 6.61 Å². The number of rotatable bonds is 5. The van der Waals surface area contributed by atoms with Gasteiger partial charge in [-0.05, 0) is 31.1 Å². The van der Waals surface area contributed by atoms with Gasteiger partial charge in [0.1, 0.15) is 0 Å². The van der Waals surface area contributed by atoms with Crippen LogP contribution in [0.1, 0.15) is 65.7 Å². The first-order chi connectivity index (χ1) is 6.70. The van der Waals surface area contributed by atoms with Gasteiger partial charge in [0, 0.05) is 6.61 Å². The molecule has 1 heteroatoms. The summed E-state index contributed by atoms with van der Waals surface area (Å²) < 4.78 is 5.92. The standard InChI is InChI=1S/C13H26O/c1-4-6-10-14-12-8-7-9-13(3,5-2)11-12/h12H,4-11H2,1-3H3. The Bertz CT molecular complexity index is 155. The number of ether oxygens (including phenoxy) is 1. The lowest BCUT2D eigenvalue weighted by molar-refractivity contribution is -0.0131. The first kappa shape index (κ1) is 12.0. The summed E-state index contributed by atoms with van der Waals surface area (Å²) in [5, 5.41) is 0. The summed E-state index contributed by atoms with van der Waals surface area (Å²) in [6.45, 7) is 7.93. The molecule has 84 valence electrons. The van der Waals surface area contributed by atoms with Gasteiger partial charge < -0.3 is 4.74 Å². The summed E-state index contributed by atoms with van der Waals surface area (Å²) in [7, 11) is 0. The van der Waals surface area contributed by atoms with Crippen molar-refractivity contribution >= 4 is 0 Å². The van der Waals surface area contributed by atoms with Crippen molar-refractivity contribution < 1.29 is 4.74 Å². The predicted molar refractivity (Wildman–Crippen MR) is 61.5 cm³/mol. The molecule has 0 amide bonds. The first-order valence-corrected chi connectivity index (χ1v) is 6.32. The maximum atomic E-state index is 5.92. The molecule has 1 aliphatic rings. The molecular weight excluding hydrogens is 172 g/mol. The molecule has 14 heavy (non-hydrogen) atoms. The molecule has 2 atom stereocenters. The van der Waals surface area contributed by atoms with Crippen LogP contribution in [-0.4, -0.2) is 12.7 Å². The van der Waals surface area contributed by atoms with Gasteiger partial charge in [0.25, 0.3) is 0 Å². The zero-order valence-corrected chi connectivity index (χ0v) is 10.1. The molecule has 0 spiro atoms. The molecule has 1 aliphatic carbocycles. The average Bonchev–Trinajstić information content (AvgIpc) is 2.19. The minimum Gasteiger partial charge on any atom is -0.378 e. The zero-order valence-electron chi connectivity index (χ0n) is 10.1. The SMILES string of the molecule is CCCCOC1CCCC(C)(CC)C1. The molecule has 0 aromatic carbocycles. The normalized spacial score (nSPS) is 33.2. The van der Waals surface area contributed by atoms with Crippen molar-refractivity contribution in [3.8, 4) is 0 Å². The van der Waals surface area contributed by atoms with Crippen LogP contribution >= 0.6 is 0 Å². The molecule has 1 fully saturated rings. The van der Waals surface area contributed by atoms with Crippen molar-refractivity contribution in [1.29, 1.82) is 0 Å². The van der Waals surface area contributed by atoms with E-state index in [1.165, 1.54) is 44.9 Å². The van der Waals surface area contributed by atoms with Crippen molar-refractivity contribution in [3.05, 3.63) is 0 Å². The number of unbranched alkanes of at least 4 members (excludes halogenated alkanes) is 1. The second kappa shape index (κ2) is 5.75. The zero-order chi connectivity index (χ0) is 10.4. The van der Waals surface area contributed by atoms with Gasteiger partial charge in [0.15, 0.2) is 0 Å². The van der Waals surface area contributed by atoms with Crippen LogP contribution in [0.5, 0.6) is 0 Å². The van der Waals surface area contributed by atoms with Crippen molar-refractivity contribution in [3.63, 3.8) is 0 Å². The minimum atomic E-state index is 0.556. The second-order valence-corrected chi connectivity index (χ2v) is 5.11. The van der Waals surface area contributed by atoms with Gasteiger partial charge in [0.2, 0.25) is 0 Å². The van der Waals surface area contributed by atoms with Gasteiger partial charge in [-0.15, -0.1) is 0 Å². The minimum absolute atomic E-state index is 0.556. The predicted octanol–water partition coefficient (Wildman–Crippen LogP) is 4.16. The highest BCUT2D eigenvalue weighted by molar-refractivity contribution is 4.82. The third-order valence-corrected chi connectivity index (χ3v) is 3.73. The topological polar surface area (TPSA) is 9.23 Å². The van der Waals surface area contributed by atoms with E-state index >= 15 is 0 Å². The lowest BCUT2D eigenvalue weighted by Gasteiger charge is -2.37. The van der Waals surface area contributed by atoms with Crippen LogP contribution < -0.4 is 0 Å². The van der Waals surface area contributed by atoms with Crippen LogP contribution in [-0.2, 0) is 4.74 Å². The Balaban J connectivity index is 2.25. The number of hydrogen-bond donors (Lipinski definition) is 0. The maximum absolute atomic E-state index is 5.92. The molecule has 0 N–H and O–H groups in total. The summed E-state index contributed by atoms with van der Waals surface area (Å²) in [5.74, 6) is 0. The van der Waals surface area contributed by atoms with Crippen molar-refractivity contribution in [2.24, 2.45) is 5.41 Å². The fraction of sp³-hybridized carbons (Fsp3) is 1.00. The second-order valence-electron chi connectivity index (χ2n) is 5.11. The summed E-state index contributed by atoms with van der Waals surface area (Å²) in [4.78, 5) is 0. The average molecular weight is 198 g/mol. The summed E-state index contributed by atoms with van der Waals surface area (Å²) in [6, 6.07) is 0. The highest BCUT2D eigenvalue weighted by Gasteiger charge is 2.30. The van der Waals surface area contributed by atoms with Crippen LogP contribution in [0.15, 0.2) is 0 Å². The Morgan fingerprint density at radius 3 is 2.79 bits per heavy atom. The van der Waals surface area contributed by atoms with Gasteiger partial charge in [-0.1, -0.05) is 40.0 Å². The largest absolute Gasteiger partial charge is 0.378 e. The van der Waals surface area contributed by atoms with Crippen LogP contribution in [0, 0.1) is 5.41 Å². The molecular formula is C13H26O. The third-order valence-electron chi connectivity index (χ3n) is 3.73. The maximum Gasteiger partial charge on any atom is 0.0580 e. The Labute approximate surface area is 89.2 Å². The first-order valence-electron chi connectivity index (χ1n) is 6.32. The van der Waals surface area contributed by atoms with Gasteiger partial charge >= 0.3 is 0 Å². The van der Waals surface area contributed by atoms with E-state index in [1.807, 2.05) is 0 Å². The quantitative estimate of drug-likeness (QED) is 0.603. The molecule has 0 aliphatic heterocycles. The van der Waals surface area contributed by atoms with Gasteiger partial charge in [-0.2, -0.15) is 0 Å². The van der Waals surface area contributed by atoms with E-state index in [2.05, 4.69) is 20.8 Å². The van der Waals surface area contributed by atoms with Gasteiger partial charge in [-0.25, -0.2) is 0 Å². The van der Waals surface area contributed by atoms with E-state index in [0.717, 1.165) is 6.61 Å². The molecule has 0 bridgehead atoms. The van der Waals surface area contributed by atoms with Gasteiger partial charge in [-0.3, -0.25) is 0 Å². The Morgan fingerprint density at radius 1 is 1.36 bits per heavy atom. The molecule has 2 unspecified atom stereocenters. The third kappa shape index (κ3) is 3.61. The molecule has 0 heterocycles. The molecule has 0 aromatic heterocycles. The van der Waals surface area contributed by atoms with Crippen molar-refractivity contribution in [2.45, 2.75) is 71.8 Å². The number of hydrogen-bond acceptors (Lipinski definition) is 1. The Morgan fingerprint density at radius 2 is 2.14 bits per heavy atom. The monoisotopic (exact) mass is 198 g/mol. The Hall–Kier alpha value is -0.0400. The smallest absolute Gasteiger partial charge is 0.0580 e. The lowest BCUT2D eigenvalue weighted by atomic mass is 9.73. The van der Waals surface area contributed by atoms with Crippen LogP contribution in [0.2, 0.25) is 0 Å². The van der Waals surface area contributed by atoms with Crippen LogP contribution in [0.25, 0.3) is 0 Å². The van der Waals surface area contributed by atoms with Crippen LogP contribution in [0.3, 0.4) is 0 Å². The molecule has 0 saturated heterocycles. The van der Waals surface area contributed by atoms with E-state index in [0.29, 0.717) is 11.5 Å². The van der Waals surface area contributed by atoms with Gasteiger partial charge in [0.05, 0.1) is 6.10 Å². The Kier molecular flexibility index (Phi) is 4.94. The summed E-state index contributed by atoms with van der Waals surface area (Å²) in [6.07, 6.45) is 9.67. The van der Waals surface area contributed by atoms with E-state index in [4.69, 9.17) is 4.74 Å². The van der Waals surface area contributed by atoms with E-state index in [-0.39, 0.29) is 0 Å².